The number of para-hydroxylation sites is 1. The van der Waals surface area contributed by atoms with E-state index in [1.54, 1.807) is 6.92 Å². The van der Waals surface area contributed by atoms with Crippen molar-refractivity contribution in [3.63, 3.8) is 0 Å². The van der Waals surface area contributed by atoms with Crippen LogP contribution in [0.5, 0.6) is 0 Å². The molecule has 0 aliphatic carbocycles. The number of nitrogens with zero attached hydrogens (tertiary/aromatic N) is 2. The van der Waals surface area contributed by atoms with E-state index in [0.29, 0.717) is 11.3 Å². The Bertz CT molecular complexity index is 981. The second-order valence-electron chi connectivity index (χ2n) is 5.83. The molecule has 0 saturated carbocycles. The summed E-state index contributed by atoms with van der Waals surface area (Å²) in [5.41, 5.74) is 4.48. The zero-order valence-corrected chi connectivity index (χ0v) is 13.3. The summed E-state index contributed by atoms with van der Waals surface area (Å²) >= 11 is 0. The fraction of sp³-hybridized carbons (Fsp3) is 0.100. The lowest BCUT2D eigenvalue weighted by atomic mass is 10.1. The van der Waals surface area contributed by atoms with E-state index in [-0.39, 0.29) is 0 Å². The minimum Gasteiger partial charge on any atom is -0.342 e. The molecular formula is C20H16N2O2. The molecule has 3 aromatic rings. The van der Waals surface area contributed by atoms with Crippen LogP contribution >= 0.6 is 0 Å². The fourth-order valence-electron chi connectivity index (χ4n) is 2.98. The van der Waals surface area contributed by atoms with Gasteiger partial charge in [0.05, 0.1) is 11.3 Å². The van der Waals surface area contributed by atoms with Gasteiger partial charge in [-0.2, -0.15) is 0 Å². The van der Waals surface area contributed by atoms with E-state index in [1.165, 1.54) is 5.56 Å². The Morgan fingerprint density at radius 3 is 2.58 bits per heavy atom. The lowest BCUT2D eigenvalue weighted by Crippen LogP contribution is -2.01. The van der Waals surface area contributed by atoms with Crippen LogP contribution in [0.1, 0.15) is 18.1 Å². The van der Waals surface area contributed by atoms with Crippen molar-refractivity contribution in [2.24, 2.45) is 5.16 Å². The number of oxime groups is 1. The second kappa shape index (κ2) is 5.81. The fourth-order valence-corrected chi connectivity index (χ4v) is 2.98. The predicted octanol–water partition coefficient (Wildman–Crippen LogP) is 4.01. The molecule has 0 radical (unpaired) electrons. The van der Waals surface area contributed by atoms with Crippen LogP contribution < -0.4 is 0 Å². The summed E-state index contributed by atoms with van der Waals surface area (Å²) in [6, 6.07) is 18.5. The summed E-state index contributed by atoms with van der Waals surface area (Å²) in [6.45, 7) is 2.56. The first-order valence-corrected chi connectivity index (χ1v) is 7.82. The highest BCUT2D eigenvalue weighted by atomic mass is 16.7. The third kappa shape index (κ3) is 2.52. The van der Waals surface area contributed by atoms with Crippen molar-refractivity contribution in [1.82, 2.24) is 4.57 Å². The smallest absolute Gasteiger partial charge is 0.342 e. The molecular weight excluding hydrogens is 300 g/mol. The molecule has 1 aliphatic heterocycles. The van der Waals surface area contributed by atoms with Crippen molar-refractivity contribution in [3.8, 4) is 0 Å². The van der Waals surface area contributed by atoms with Gasteiger partial charge in [0.1, 0.15) is 0 Å². The summed E-state index contributed by atoms with van der Waals surface area (Å²) in [5, 5.41) is 4.85. The maximum Gasteiger partial charge on any atom is 0.367 e. The second-order valence-corrected chi connectivity index (χ2v) is 5.83. The third-order valence-electron chi connectivity index (χ3n) is 4.19. The third-order valence-corrected chi connectivity index (χ3v) is 4.19. The molecule has 4 rings (SSSR count). The average molecular weight is 316 g/mol. The summed E-state index contributed by atoms with van der Waals surface area (Å²) in [4.78, 5) is 16.5. The number of carbonyl (C=O) groups is 1. The number of carbonyl (C=O) groups excluding carboxylic acids is 1. The van der Waals surface area contributed by atoms with E-state index < -0.39 is 5.97 Å². The molecule has 24 heavy (non-hydrogen) atoms. The van der Waals surface area contributed by atoms with Gasteiger partial charge in [-0.1, -0.05) is 53.7 Å². The normalized spacial score (nSPS) is 15.8. The first-order valence-electron chi connectivity index (χ1n) is 7.82. The molecule has 1 aromatic heterocycles. The summed E-state index contributed by atoms with van der Waals surface area (Å²) in [6.07, 6.45) is 3.93. The Kier molecular flexibility index (Phi) is 3.50. The summed E-state index contributed by atoms with van der Waals surface area (Å²) in [7, 11) is 0. The Balaban J connectivity index is 1.81. The minimum atomic E-state index is -0.396. The highest BCUT2D eigenvalue weighted by Crippen LogP contribution is 2.26. The Labute approximate surface area is 139 Å². The molecule has 4 nitrogen and oxygen atoms in total. The quantitative estimate of drug-likeness (QED) is 0.541. The van der Waals surface area contributed by atoms with Crippen LogP contribution in [0.3, 0.4) is 0 Å². The van der Waals surface area contributed by atoms with Crippen molar-refractivity contribution < 1.29 is 9.63 Å². The van der Waals surface area contributed by atoms with Crippen LogP contribution in [0.15, 0.2) is 71.5 Å². The lowest BCUT2D eigenvalue weighted by molar-refractivity contribution is -0.136. The molecule has 0 unspecified atom stereocenters. The number of benzene rings is 2. The molecule has 0 fully saturated rings. The molecule has 2 heterocycles. The van der Waals surface area contributed by atoms with Gasteiger partial charge in [0.15, 0.2) is 0 Å². The summed E-state index contributed by atoms with van der Waals surface area (Å²) in [5.74, 6) is -0.396. The lowest BCUT2D eigenvalue weighted by Gasteiger charge is -2.05. The number of fused-ring (bicyclic) bond motifs is 1. The first-order chi connectivity index (χ1) is 11.7. The van der Waals surface area contributed by atoms with Gasteiger partial charge in [0, 0.05) is 29.2 Å². The maximum atomic E-state index is 11.8. The van der Waals surface area contributed by atoms with Gasteiger partial charge in [-0.25, -0.2) is 4.79 Å². The topological polar surface area (TPSA) is 43.6 Å². The molecule has 0 spiro atoms. The Morgan fingerprint density at radius 1 is 1.08 bits per heavy atom. The Morgan fingerprint density at radius 2 is 1.83 bits per heavy atom. The molecule has 4 heteroatoms. The molecule has 1 aliphatic rings. The maximum absolute atomic E-state index is 11.8. The first kappa shape index (κ1) is 14.5. The van der Waals surface area contributed by atoms with Crippen LogP contribution in [0.2, 0.25) is 0 Å². The van der Waals surface area contributed by atoms with E-state index in [0.717, 1.165) is 23.0 Å². The van der Waals surface area contributed by atoms with Crippen molar-refractivity contribution in [2.45, 2.75) is 13.5 Å². The van der Waals surface area contributed by atoms with Gasteiger partial charge in [0.25, 0.3) is 0 Å². The SMILES string of the molecule is CC1=NOC(=O)C1=Cc1cn(Cc2ccccc2)c2ccccc12. The van der Waals surface area contributed by atoms with Gasteiger partial charge in [0.2, 0.25) is 0 Å². The van der Waals surface area contributed by atoms with Gasteiger partial charge in [-0.05, 0) is 24.6 Å². The van der Waals surface area contributed by atoms with Gasteiger partial charge in [-0.3, -0.25) is 0 Å². The predicted molar refractivity (Wildman–Crippen MR) is 94.7 cm³/mol. The molecule has 0 atom stereocenters. The van der Waals surface area contributed by atoms with Crippen LogP contribution in [0, 0.1) is 0 Å². The largest absolute Gasteiger partial charge is 0.367 e. The van der Waals surface area contributed by atoms with E-state index >= 15 is 0 Å². The minimum absolute atomic E-state index is 0.396. The number of hydrogen-bond donors (Lipinski definition) is 0. The number of hydrogen-bond acceptors (Lipinski definition) is 3. The van der Waals surface area contributed by atoms with Crippen LogP contribution in [-0.4, -0.2) is 16.2 Å². The van der Waals surface area contributed by atoms with Crippen molar-refractivity contribution in [2.75, 3.05) is 0 Å². The molecule has 2 aromatic carbocycles. The van der Waals surface area contributed by atoms with Crippen LogP contribution in [0.25, 0.3) is 17.0 Å². The molecule has 0 bridgehead atoms. The average Bonchev–Trinajstić information content (AvgIpc) is 3.11. The molecule has 0 saturated heterocycles. The summed E-state index contributed by atoms with van der Waals surface area (Å²) < 4.78 is 2.20. The zero-order valence-electron chi connectivity index (χ0n) is 13.3. The van der Waals surface area contributed by atoms with Crippen molar-refractivity contribution >= 4 is 28.7 Å². The molecule has 118 valence electrons. The zero-order chi connectivity index (χ0) is 16.5. The number of rotatable bonds is 3. The molecule has 0 amide bonds. The standard InChI is InChI=1S/C20H16N2O2/c1-14-18(20(23)24-21-14)11-16-13-22(12-15-7-3-2-4-8-15)19-10-6-5-9-17(16)19/h2-11,13H,12H2,1H3. The van der Waals surface area contributed by atoms with Crippen LogP contribution in [0.4, 0.5) is 0 Å². The highest BCUT2D eigenvalue weighted by Gasteiger charge is 2.22. The van der Waals surface area contributed by atoms with Crippen LogP contribution in [-0.2, 0) is 16.2 Å². The molecule has 0 N–H and O–H groups in total. The number of aromatic nitrogens is 1. The van der Waals surface area contributed by atoms with E-state index in [2.05, 4.69) is 40.2 Å². The van der Waals surface area contributed by atoms with Gasteiger partial charge >= 0.3 is 5.97 Å². The van der Waals surface area contributed by atoms with Crippen molar-refractivity contribution in [3.05, 3.63) is 77.5 Å². The van der Waals surface area contributed by atoms with E-state index in [4.69, 9.17) is 4.84 Å². The van der Waals surface area contributed by atoms with Crippen molar-refractivity contribution in [1.29, 1.82) is 0 Å². The Hall–Kier alpha value is -3.14. The van der Waals surface area contributed by atoms with Gasteiger partial charge in [-0.15, -0.1) is 0 Å². The monoisotopic (exact) mass is 316 g/mol. The van der Waals surface area contributed by atoms with E-state index in [1.807, 2.05) is 36.4 Å². The van der Waals surface area contributed by atoms with E-state index in [9.17, 15) is 4.79 Å². The highest BCUT2D eigenvalue weighted by molar-refractivity contribution is 6.24. The van der Waals surface area contributed by atoms with Gasteiger partial charge < -0.3 is 9.40 Å².